The monoisotopic (exact) mass is 301 g/mol. The number of para-hydroxylation sites is 1. The molecule has 0 aliphatic carbocycles. The number of aromatic nitrogens is 2. The van der Waals surface area contributed by atoms with E-state index in [2.05, 4.69) is 15.5 Å². The molecule has 1 aromatic heterocycles. The number of rotatable bonds is 4. The van der Waals surface area contributed by atoms with E-state index in [1.165, 1.54) is 4.90 Å². The number of carbonyl (C=O) groups is 1. The SMILES string of the molecule is Cc1nnc(C[NH+]2CCC(C(=O)Nc3ccccc3)CC2)o1. The molecular weight excluding hydrogens is 280 g/mol. The smallest absolute Gasteiger partial charge is 0.271 e. The minimum atomic E-state index is 0.0911. The second-order valence-electron chi connectivity index (χ2n) is 5.77. The molecule has 0 radical (unpaired) electrons. The van der Waals surface area contributed by atoms with Crippen LogP contribution in [0.2, 0.25) is 0 Å². The van der Waals surface area contributed by atoms with Gasteiger partial charge < -0.3 is 14.6 Å². The van der Waals surface area contributed by atoms with Gasteiger partial charge in [0.2, 0.25) is 11.8 Å². The van der Waals surface area contributed by atoms with Crippen LogP contribution in [0.5, 0.6) is 0 Å². The van der Waals surface area contributed by atoms with Crippen LogP contribution >= 0.6 is 0 Å². The van der Waals surface area contributed by atoms with Crippen molar-refractivity contribution >= 4 is 11.6 Å². The number of carbonyl (C=O) groups excluding carboxylic acids is 1. The minimum Gasteiger partial charge on any atom is -0.420 e. The Kier molecular flexibility index (Phi) is 4.48. The molecule has 1 aliphatic heterocycles. The molecule has 22 heavy (non-hydrogen) atoms. The van der Waals surface area contributed by atoms with Gasteiger partial charge in [-0.15, -0.1) is 10.2 Å². The summed E-state index contributed by atoms with van der Waals surface area (Å²) in [7, 11) is 0. The Morgan fingerprint density at radius 2 is 2.00 bits per heavy atom. The van der Waals surface area contributed by atoms with Crippen molar-refractivity contribution in [1.82, 2.24) is 10.2 Å². The highest BCUT2D eigenvalue weighted by Crippen LogP contribution is 2.14. The van der Waals surface area contributed by atoms with Crippen LogP contribution in [0.4, 0.5) is 5.69 Å². The van der Waals surface area contributed by atoms with Crippen molar-refractivity contribution in [2.75, 3.05) is 18.4 Å². The second-order valence-corrected chi connectivity index (χ2v) is 5.77. The molecule has 3 rings (SSSR count). The van der Waals surface area contributed by atoms with Crippen molar-refractivity contribution in [3.63, 3.8) is 0 Å². The fraction of sp³-hybridized carbons (Fsp3) is 0.438. The molecule has 116 valence electrons. The lowest BCUT2D eigenvalue weighted by Gasteiger charge is -2.27. The van der Waals surface area contributed by atoms with Crippen LogP contribution in [0.25, 0.3) is 0 Å². The molecule has 6 heteroatoms. The van der Waals surface area contributed by atoms with Crippen molar-refractivity contribution in [2.45, 2.75) is 26.3 Å². The zero-order chi connectivity index (χ0) is 15.4. The highest BCUT2D eigenvalue weighted by atomic mass is 16.4. The molecule has 0 spiro atoms. The van der Waals surface area contributed by atoms with Crippen LogP contribution < -0.4 is 10.2 Å². The van der Waals surface area contributed by atoms with Crippen molar-refractivity contribution < 1.29 is 14.1 Å². The summed E-state index contributed by atoms with van der Waals surface area (Å²) in [5, 5.41) is 10.9. The molecule has 1 saturated heterocycles. The Hall–Kier alpha value is -2.21. The Bertz CT molecular complexity index is 618. The van der Waals surface area contributed by atoms with Gasteiger partial charge in [0.05, 0.1) is 13.1 Å². The first-order chi connectivity index (χ1) is 10.7. The Labute approximate surface area is 129 Å². The van der Waals surface area contributed by atoms with E-state index in [0.29, 0.717) is 11.8 Å². The van der Waals surface area contributed by atoms with E-state index < -0.39 is 0 Å². The Morgan fingerprint density at radius 3 is 2.64 bits per heavy atom. The zero-order valence-electron chi connectivity index (χ0n) is 12.7. The van der Waals surface area contributed by atoms with Crippen LogP contribution in [-0.2, 0) is 11.3 Å². The maximum absolute atomic E-state index is 12.3. The van der Waals surface area contributed by atoms with Gasteiger partial charge in [0.25, 0.3) is 5.89 Å². The van der Waals surface area contributed by atoms with Crippen molar-refractivity contribution in [1.29, 1.82) is 0 Å². The van der Waals surface area contributed by atoms with Crippen LogP contribution in [0, 0.1) is 12.8 Å². The van der Waals surface area contributed by atoms with Gasteiger partial charge in [0, 0.05) is 31.4 Å². The van der Waals surface area contributed by atoms with Gasteiger partial charge in [-0.25, -0.2) is 0 Å². The number of hydrogen-bond acceptors (Lipinski definition) is 4. The van der Waals surface area contributed by atoms with E-state index in [-0.39, 0.29) is 11.8 Å². The lowest BCUT2D eigenvalue weighted by molar-refractivity contribution is -0.920. The number of nitrogens with one attached hydrogen (secondary N) is 2. The fourth-order valence-corrected chi connectivity index (χ4v) is 2.85. The molecule has 2 N–H and O–H groups in total. The summed E-state index contributed by atoms with van der Waals surface area (Å²) in [6.45, 7) is 4.45. The molecule has 0 atom stereocenters. The predicted molar refractivity (Wildman–Crippen MR) is 81.2 cm³/mol. The van der Waals surface area contributed by atoms with Crippen LogP contribution in [-0.4, -0.2) is 29.2 Å². The highest BCUT2D eigenvalue weighted by Gasteiger charge is 2.28. The lowest BCUT2D eigenvalue weighted by Crippen LogP contribution is -3.11. The Morgan fingerprint density at radius 1 is 1.27 bits per heavy atom. The number of aryl methyl sites for hydroxylation is 1. The number of anilines is 1. The van der Waals surface area contributed by atoms with Crippen LogP contribution in [0.3, 0.4) is 0 Å². The van der Waals surface area contributed by atoms with Gasteiger partial charge in [0.15, 0.2) is 6.54 Å². The number of piperidine rings is 1. The highest BCUT2D eigenvalue weighted by molar-refractivity contribution is 5.92. The van der Waals surface area contributed by atoms with Crippen LogP contribution in [0.1, 0.15) is 24.6 Å². The van der Waals surface area contributed by atoms with E-state index in [1.807, 2.05) is 30.3 Å². The molecule has 0 saturated carbocycles. The second kappa shape index (κ2) is 6.70. The van der Waals surface area contributed by atoms with Gasteiger partial charge >= 0.3 is 0 Å². The predicted octanol–water partition coefficient (Wildman–Crippen LogP) is 0.812. The van der Waals surface area contributed by atoms with Gasteiger partial charge in [0.1, 0.15) is 0 Å². The summed E-state index contributed by atoms with van der Waals surface area (Å²) in [5.41, 5.74) is 0.864. The number of hydrogen-bond donors (Lipinski definition) is 2. The average Bonchev–Trinajstić information content (AvgIpc) is 2.94. The topological polar surface area (TPSA) is 72.5 Å². The standard InChI is InChI=1S/C16H20N4O2/c1-12-18-19-15(22-12)11-20-9-7-13(8-10-20)16(21)17-14-5-3-2-4-6-14/h2-6,13H,7-11H2,1H3,(H,17,21)/p+1. The van der Waals surface area contributed by atoms with Gasteiger partial charge in [-0.3, -0.25) is 4.79 Å². The molecule has 1 aromatic carbocycles. The Balaban J connectivity index is 1.48. The first kappa shape index (κ1) is 14.7. The summed E-state index contributed by atoms with van der Waals surface area (Å²) in [6.07, 6.45) is 1.78. The van der Waals surface area contributed by atoms with E-state index in [4.69, 9.17) is 4.42 Å². The third-order valence-electron chi connectivity index (χ3n) is 4.07. The summed E-state index contributed by atoms with van der Waals surface area (Å²) in [5.74, 6) is 1.50. The van der Waals surface area contributed by atoms with Crippen molar-refractivity contribution in [3.05, 3.63) is 42.1 Å². The van der Waals surface area contributed by atoms with Crippen LogP contribution in [0.15, 0.2) is 34.7 Å². The van der Waals surface area contributed by atoms with E-state index in [1.54, 1.807) is 6.92 Å². The van der Waals surface area contributed by atoms with Gasteiger partial charge in [-0.2, -0.15) is 0 Å². The molecule has 6 nitrogen and oxygen atoms in total. The molecule has 2 aromatic rings. The molecule has 1 aliphatic rings. The van der Waals surface area contributed by atoms with Crippen molar-refractivity contribution in [3.8, 4) is 0 Å². The average molecular weight is 301 g/mol. The minimum absolute atomic E-state index is 0.0911. The summed E-state index contributed by atoms with van der Waals surface area (Å²) < 4.78 is 5.42. The normalized spacial score (nSPS) is 21.5. The molecule has 2 heterocycles. The maximum Gasteiger partial charge on any atom is 0.271 e. The summed E-state index contributed by atoms with van der Waals surface area (Å²) in [4.78, 5) is 13.7. The van der Waals surface area contributed by atoms with E-state index >= 15 is 0 Å². The third kappa shape index (κ3) is 3.71. The van der Waals surface area contributed by atoms with E-state index in [0.717, 1.165) is 38.2 Å². The molecule has 1 fully saturated rings. The quantitative estimate of drug-likeness (QED) is 0.876. The summed E-state index contributed by atoms with van der Waals surface area (Å²) >= 11 is 0. The summed E-state index contributed by atoms with van der Waals surface area (Å²) in [6, 6.07) is 9.62. The number of benzene rings is 1. The number of nitrogens with zero attached hydrogens (tertiary/aromatic N) is 2. The van der Waals surface area contributed by atoms with Gasteiger partial charge in [-0.05, 0) is 12.1 Å². The molecule has 0 unspecified atom stereocenters. The number of quaternary nitrogens is 1. The van der Waals surface area contributed by atoms with Crippen molar-refractivity contribution in [2.24, 2.45) is 5.92 Å². The number of amides is 1. The fourth-order valence-electron chi connectivity index (χ4n) is 2.85. The number of likely N-dealkylation sites (tertiary alicyclic amines) is 1. The molecule has 0 bridgehead atoms. The maximum atomic E-state index is 12.3. The molecule has 1 amide bonds. The van der Waals surface area contributed by atoms with E-state index in [9.17, 15) is 4.79 Å². The van der Waals surface area contributed by atoms with Gasteiger partial charge in [-0.1, -0.05) is 18.2 Å². The zero-order valence-corrected chi connectivity index (χ0v) is 12.7. The molecular formula is C16H21N4O2+. The third-order valence-corrected chi connectivity index (χ3v) is 4.07. The first-order valence-corrected chi connectivity index (χ1v) is 7.69. The lowest BCUT2D eigenvalue weighted by atomic mass is 9.96. The first-order valence-electron chi connectivity index (χ1n) is 7.69. The largest absolute Gasteiger partial charge is 0.420 e.